The first-order valence-corrected chi connectivity index (χ1v) is 19.0. The van der Waals surface area contributed by atoms with Gasteiger partial charge in [-0.3, -0.25) is 0 Å². The maximum absolute atomic E-state index is 2.54. The Bertz CT molecular complexity index is 3190. The average Bonchev–Trinajstić information content (AvgIpc) is 3.75. The van der Waals surface area contributed by atoms with Crippen LogP contribution < -0.4 is 0 Å². The lowest BCUT2D eigenvalue weighted by molar-refractivity contribution is 0.556. The number of hydrogen-bond donors (Lipinski definition) is 0. The molecule has 3 heterocycles. The van der Waals surface area contributed by atoms with Crippen LogP contribution in [0.1, 0.15) is 47.2 Å². The molecule has 2 aliphatic rings. The summed E-state index contributed by atoms with van der Waals surface area (Å²) in [6, 6.07) is 68.3. The zero-order valence-corrected chi connectivity index (χ0v) is 30.2. The highest BCUT2D eigenvalue weighted by Crippen LogP contribution is 2.60. The molecule has 8 aromatic carbocycles. The van der Waals surface area contributed by atoms with Gasteiger partial charge in [0, 0.05) is 32.6 Å². The maximum atomic E-state index is 2.54. The summed E-state index contributed by atoms with van der Waals surface area (Å²) < 4.78 is 4.95. The minimum Gasteiger partial charge on any atom is -0.309 e. The molecule has 1 aliphatic carbocycles. The molecule has 2 aromatic heterocycles. The third-order valence-electron chi connectivity index (χ3n) is 12.8. The van der Waals surface area contributed by atoms with Gasteiger partial charge in [-0.05, 0) is 87.0 Å². The van der Waals surface area contributed by atoms with E-state index < -0.39 is 5.41 Å². The molecule has 0 saturated carbocycles. The van der Waals surface area contributed by atoms with Crippen LogP contribution in [0.15, 0.2) is 182 Å². The largest absolute Gasteiger partial charge is 0.309 e. The fraction of sp³-hybridized carbons (Fsp3) is 0.0769. The van der Waals surface area contributed by atoms with E-state index >= 15 is 0 Å². The first-order chi connectivity index (χ1) is 26.6. The van der Waals surface area contributed by atoms with Crippen LogP contribution in [0.4, 0.5) is 0 Å². The Morgan fingerprint density at radius 3 is 1.72 bits per heavy atom. The van der Waals surface area contributed by atoms with Gasteiger partial charge < -0.3 is 9.13 Å². The number of para-hydroxylation sites is 5. The topological polar surface area (TPSA) is 9.86 Å². The molecule has 0 radical (unpaired) electrons. The van der Waals surface area contributed by atoms with E-state index in [1.807, 2.05) is 0 Å². The molecule has 2 heteroatoms. The highest BCUT2D eigenvalue weighted by Gasteiger charge is 2.52. The minimum atomic E-state index is -0.527. The molecule has 12 rings (SSSR count). The van der Waals surface area contributed by atoms with Crippen molar-refractivity contribution in [2.24, 2.45) is 0 Å². The van der Waals surface area contributed by atoms with Crippen LogP contribution in [0.5, 0.6) is 0 Å². The third-order valence-corrected chi connectivity index (χ3v) is 12.8. The second kappa shape index (κ2) is 10.5. The van der Waals surface area contributed by atoms with Crippen LogP contribution >= 0.6 is 0 Å². The van der Waals surface area contributed by atoms with Gasteiger partial charge in [-0.15, -0.1) is 0 Å². The Kier molecular flexibility index (Phi) is 5.81. The third kappa shape index (κ3) is 3.60. The number of fused-ring (bicyclic) bond motifs is 14. The standard InChI is InChI=1S/C52H36N2/c1-51(2)40-20-8-9-21-42(40)52(43-22-10-13-26-48(43)54-47-25-12-7-18-37(47)39-19-14-23-44(52)50(39)54)45-31-33(28-30-41(45)51)34-27-29-38-36-17-6-11-24-46(36)53(49(38)32-34)35-15-4-3-5-16-35/h3-32H,1-2H3. The van der Waals surface area contributed by atoms with Crippen LogP contribution in [0.3, 0.4) is 0 Å². The number of aromatic nitrogens is 2. The van der Waals surface area contributed by atoms with Crippen LogP contribution in [0.2, 0.25) is 0 Å². The lowest BCUT2D eigenvalue weighted by Gasteiger charge is -2.50. The highest BCUT2D eigenvalue weighted by atomic mass is 15.0. The van der Waals surface area contributed by atoms with E-state index in [0.29, 0.717) is 0 Å². The van der Waals surface area contributed by atoms with Crippen molar-refractivity contribution in [3.63, 3.8) is 0 Å². The number of rotatable bonds is 2. The molecule has 54 heavy (non-hydrogen) atoms. The zero-order chi connectivity index (χ0) is 35.8. The van der Waals surface area contributed by atoms with Crippen molar-refractivity contribution in [2.45, 2.75) is 24.7 Å². The zero-order valence-electron chi connectivity index (χ0n) is 30.2. The maximum Gasteiger partial charge on any atom is 0.0748 e. The van der Waals surface area contributed by atoms with Gasteiger partial charge in [0.1, 0.15) is 0 Å². The summed E-state index contributed by atoms with van der Waals surface area (Å²) in [5.41, 5.74) is 17.3. The summed E-state index contributed by atoms with van der Waals surface area (Å²) >= 11 is 0. The average molecular weight is 689 g/mol. The second-order valence-electron chi connectivity index (χ2n) is 15.7. The molecule has 1 aliphatic heterocycles. The Labute approximate surface area is 314 Å². The highest BCUT2D eigenvalue weighted by molar-refractivity contribution is 6.13. The SMILES string of the molecule is CC1(C)c2ccccc2C2(c3ccccc3-n3c4ccccc4c4cccc2c43)c2cc(-c3ccc4c5ccccc5n(-c5ccccc5)c4c3)ccc21. The van der Waals surface area contributed by atoms with E-state index in [9.17, 15) is 0 Å². The quantitative estimate of drug-likeness (QED) is 0.171. The molecular weight excluding hydrogens is 653 g/mol. The predicted octanol–water partition coefficient (Wildman–Crippen LogP) is 12.9. The van der Waals surface area contributed by atoms with Crippen LogP contribution in [0.25, 0.3) is 66.1 Å². The number of benzene rings is 8. The minimum absolute atomic E-state index is 0.202. The first-order valence-electron chi connectivity index (χ1n) is 19.0. The molecule has 2 nitrogen and oxygen atoms in total. The van der Waals surface area contributed by atoms with Crippen molar-refractivity contribution in [3.05, 3.63) is 215 Å². The van der Waals surface area contributed by atoms with Crippen molar-refractivity contribution in [3.8, 4) is 22.5 Å². The molecule has 1 spiro atoms. The molecule has 0 N–H and O–H groups in total. The summed E-state index contributed by atoms with van der Waals surface area (Å²) in [5.74, 6) is 0. The lowest BCUT2D eigenvalue weighted by atomic mass is 9.53. The summed E-state index contributed by atoms with van der Waals surface area (Å²) in [5, 5.41) is 5.13. The van der Waals surface area contributed by atoms with Gasteiger partial charge in [0.25, 0.3) is 0 Å². The molecule has 0 amide bonds. The Morgan fingerprint density at radius 1 is 0.352 bits per heavy atom. The summed E-state index contributed by atoms with van der Waals surface area (Å²) in [6.45, 7) is 4.82. The van der Waals surface area contributed by atoms with E-state index in [4.69, 9.17) is 0 Å². The number of hydrogen-bond acceptors (Lipinski definition) is 0. The van der Waals surface area contributed by atoms with E-state index in [2.05, 4.69) is 205 Å². The smallest absolute Gasteiger partial charge is 0.0748 e. The van der Waals surface area contributed by atoms with Gasteiger partial charge >= 0.3 is 0 Å². The van der Waals surface area contributed by atoms with E-state index in [1.165, 1.54) is 99.5 Å². The van der Waals surface area contributed by atoms with Gasteiger partial charge in [0.05, 0.1) is 33.2 Å². The van der Waals surface area contributed by atoms with Gasteiger partial charge in [-0.1, -0.05) is 153 Å². The van der Waals surface area contributed by atoms with Gasteiger partial charge in [-0.2, -0.15) is 0 Å². The van der Waals surface area contributed by atoms with E-state index in [1.54, 1.807) is 0 Å². The van der Waals surface area contributed by atoms with Crippen molar-refractivity contribution in [1.82, 2.24) is 9.13 Å². The summed E-state index contributed by atoms with van der Waals surface area (Å²) in [7, 11) is 0. The van der Waals surface area contributed by atoms with Crippen molar-refractivity contribution >= 4 is 43.6 Å². The van der Waals surface area contributed by atoms with Crippen LogP contribution in [-0.2, 0) is 10.8 Å². The number of nitrogens with zero attached hydrogens (tertiary/aromatic N) is 2. The molecule has 10 aromatic rings. The fourth-order valence-electron chi connectivity index (χ4n) is 10.5. The second-order valence-corrected chi connectivity index (χ2v) is 15.7. The van der Waals surface area contributed by atoms with Gasteiger partial charge in [-0.25, -0.2) is 0 Å². The van der Waals surface area contributed by atoms with Crippen molar-refractivity contribution < 1.29 is 0 Å². The Hall–Kier alpha value is -6.64. The first kappa shape index (κ1) is 29.9. The Morgan fingerprint density at radius 2 is 0.907 bits per heavy atom. The normalized spacial score (nSPS) is 16.6. The Balaban J connectivity index is 1.20. The molecule has 254 valence electrons. The molecular formula is C52H36N2. The molecule has 0 bridgehead atoms. The van der Waals surface area contributed by atoms with Crippen LogP contribution in [0, 0.1) is 0 Å². The predicted molar refractivity (Wildman–Crippen MR) is 225 cm³/mol. The van der Waals surface area contributed by atoms with E-state index in [0.717, 1.165) is 0 Å². The van der Waals surface area contributed by atoms with Gasteiger partial charge in [0.15, 0.2) is 0 Å². The summed E-state index contributed by atoms with van der Waals surface area (Å²) in [4.78, 5) is 0. The molecule has 1 unspecified atom stereocenters. The van der Waals surface area contributed by atoms with Crippen molar-refractivity contribution in [2.75, 3.05) is 0 Å². The fourth-order valence-corrected chi connectivity index (χ4v) is 10.5. The van der Waals surface area contributed by atoms with Crippen molar-refractivity contribution in [1.29, 1.82) is 0 Å². The van der Waals surface area contributed by atoms with E-state index in [-0.39, 0.29) is 5.41 Å². The monoisotopic (exact) mass is 688 g/mol. The molecule has 0 fully saturated rings. The van der Waals surface area contributed by atoms with Crippen LogP contribution in [-0.4, -0.2) is 9.13 Å². The molecule has 0 saturated heterocycles. The molecule has 1 atom stereocenters. The lowest BCUT2D eigenvalue weighted by Crippen LogP contribution is -2.44. The van der Waals surface area contributed by atoms with Gasteiger partial charge in [0.2, 0.25) is 0 Å². The summed E-state index contributed by atoms with van der Waals surface area (Å²) in [6.07, 6.45) is 0.